The van der Waals surface area contributed by atoms with Gasteiger partial charge >= 0.3 is 0 Å². The molecule has 1 aromatic rings. The average Bonchev–Trinajstić information content (AvgIpc) is 2.38. The number of nitrogens with zero attached hydrogens (tertiary/aromatic N) is 1. The van der Waals surface area contributed by atoms with Crippen LogP contribution in [0.25, 0.3) is 0 Å². The third kappa shape index (κ3) is 4.94. The molecule has 0 bridgehead atoms. The molecule has 102 valence electrons. The molecule has 1 rings (SSSR count). The zero-order valence-electron chi connectivity index (χ0n) is 10.7. The number of hydrogen-bond acceptors (Lipinski definition) is 4. The fraction of sp³-hybridized carbons (Fsp3) is 0.385. The Bertz CT molecular complexity index is 471. The van der Waals surface area contributed by atoms with Crippen molar-refractivity contribution in [1.29, 1.82) is 5.26 Å². The normalized spacial score (nSPS) is 9.74. The van der Waals surface area contributed by atoms with Gasteiger partial charge in [-0.2, -0.15) is 5.26 Å². The highest BCUT2D eigenvalue weighted by atomic mass is 19.1. The Morgan fingerprint density at radius 1 is 1.53 bits per heavy atom. The Balaban J connectivity index is 2.72. The summed E-state index contributed by atoms with van der Waals surface area (Å²) >= 11 is 0. The molecule has 5 nitrogen and oxygen atoms in total. The fourth-order valence-corrected chi connectivity index (χ4v) is 1.49. The number of benzene rings is 1. The van der Waals surface area contributed by atoms with Gasteiger partial charge in [0.05, 0.1) is 11.8 Å². The van der Waals surface area contributed by atoms with Gasteiger partial charge < -0.3 is 15.4 Å². The van der Waals surface area contributed by atoms with Gasteiger partial charge in [-0.25, -0.2) is 4.39 Å². The van der Waals surface area contributed by atoms with Gasteiger partial charge in [-0.05, 0) is 18.6 Å². The number of carbonyl (C=O) groups excluding carboxylic acids is 1. The number of carbonyl (C=O) groups is 1. The second kappa shape index (κ2) is 8.06. The molecular formula is C13H16FN3O2. The highest BCUT2D eigenvalue weighted by Crippen LogP contribution is 2.25. The quantitative estimate of drug-likeness (QED) is 0.741. The topological polar surface area (TPSA) is 74.2 Å². The molecule has 0 spiro atoms. The first-order valence-corrected chi connectivity index (χ1v) is 5.87. The van der Waals surface area contributed by atoms with Crippen LogP contribution in [0.3, 0.4) is 0 Å². The highest BCUT2D eigenvalue weighted by molar-refractivity contribution is 5.95. The van der Waals surface area contributed by atoms with Crippen LogP contribution in [0.2, 0.25) is 0 Å². The van der Waals surface area contributed by atoms with E-state index in [0.717, 1.165) is 6.42 Å². The van der Waals surface area contributed by atoms with Crippen molar-refractivity contribution in [3.8, 4) is 6.07 Å². The predicted molar refractivity (Wildman–Crippen MR) is 70.2 cm³/mol. The smallest absolute Gasteiger partial charge is 0.238 e. The number of nitriles is 1. The third-order valence-corrected chi connectivity index (χ3v) is 2.36. The Labute approximate surface area is 111 Å². The predicted octanol–water partition coefficient (Wildman–Crippen LogP) is 2.13. The molecule has 19 heavy (non-hydrogen) atoms. The zero-order valence-corrected chi connectivity index (χ0v) is 10.7. The summed E-state index contributed by atoms with van der Waals surface area (Å²) in [5.41, 5.74) is 0.558. The number of para-hydroxylation sites is 1. The van der Waals surface area contributed by atoms with Crippen molar-refractivity contribution in [3.63, 3.8) is 0 Å². The Morgan fingerprint density at radius 3 is 3.00 bits per heavy atom. The maximum absolute atomic E-state index is 13.7. The number of anilines is 2. The van der Waals surface area contributed by atoms with E-state index in [1.807, 2.05) is 0 Å². The fourth-order valence-electron chi connectivity index (χ4n) is 1.49. The number of methoxy groups -OCH3 is 1. The lowest BCUT2D eigenvalue weighted by atomic mass is 10.2. The third-order valence-electron chi connectivity index (χ3n) is 2.36. The molecule has 0 fully saturated rings. The van der Waals surface area contributed by atoms with E-state index in [1.165, 1.54) is 6.07 Å². The first kappa shape index (κ1) is 14.9. The lowest BCUT2D eigenvalue weighted by Crippen LogP contribution is -2.14. The molecule has 0 aromatic heterocycles. The highest BCUT2D eigenvalue weighted by Gasteiger charge is 2.11. The van der Waals surface area contributed by atoms with E-state index in [2.05, 4.69) is 10.6 Å². The van der Waals surface area contributed by atoms with E-state index in [9.17, 15) is 9.18 Å². The Morgan fingerprint density at radius 2 is 2.32 bits per heavy atom. The number of nitrogens with one attached hydrogen (secondary N) is 2. The van der Waals surface area contributed by atoms with Gasteiger partial charge in [0, 0.05) is 20.3 Å². The summed E-state index contributed by atoms with van der Waals surface area (Å²) < 4.78 is 18.6. The first-order chi connectivity index (χ1) is 9.19. The molecule has 1 aromatic carbocycles. The van der Waals surface area contributed by atoms with Gasteiger partial charge in [0.1, 0.15) is 17.9 Å². The molecule has 0 aliphatic heterocycles. The molecule has 0 radical (unpaired) electrons. The molecule has 0 unspecified atom stereocenters. The lowest BCUT2D eigenvalue weighted by molar-refractivity contribution is -0.115. The van der Waals surface area contributed by atoms with Crippen molar-refractivity contribution in [1.82, 2.24) is 0 Å². The second-order valence-electron chi connectivity index (χ2n) is 3.82. The molecular weight excluding hydrogens is 249 g/mol. The molecule has 0 heterocycles. The largest absolute Gasteiger partial charge is 0.385 e. The molecule has 0 atom stereocenters. The van der Waals surface area contributed by atoms with Gasteiger partial charge in [-0.15, -0.1) is 0 Å². The molecule has 0 saturated heterocycles. The number of ether oxygens (including phenoxy) is 1. The summed E-state index contributed by atoms with van der Waals surface area (Å²) in [6, 6.07) is 6.18. The summed E-state index contributed by atoms with van der Waals surface area (Å²) in [7, 11) is 1.61. The number of rotatable bonds is 7. The van der Waals surface area contributed by atoms with Crippen LogP contribution in [0.5, 0.6) is 0 Å². The van der Waals surface area contributed by atoms with Gasteiger partial charge in [-0.3, -0.25) is 4.79 Å². The van der Waals surface area contributed by atoms with E-state index in [0.29, 0.717) is 18.8 Å². The number of halogens is 1. The number of amides is 1. The van der Waals surface area contributed by atoms with Crippen molar-refractivity contribution < 1.29 is 13.9 Å². The molecule has 0 aliphatic carbocycles. The average molecular weight is 265 g/mol. The van der Waals surface area contributed by atoms with Gasteiger partial charge in [0.2, 0.25) is 5.91 Å². The van der Waals surface area contributed by atoms with Crippen LogP contribution in [0.4, 0.5) is 15.8 Å². The SMILES string of the molecule is COCCCNc1cccc(F)c1NC(=O)CC#N. The summed E-state index contributed by atoms with van der Waals surface area (Å²) in [5.74, 6) is -1.07. The lowest BCUT2D eigenvalue weighted by Gasteiger charge is -2.13. The van der Waals surface area contributed by atoms with Crippen LogP contribution in [0, 0.1) is 17.1 Å². The van der Waals surface area contributed by atoms with Gasteiger partial charge in [0.25, 0.3) is 0 Å². The van der Waals surface area contributed by atoms with Crippen molar-refractivity contribution >= 4 is 17.3 Å². The standard InChI is InChI=1S/C13H16FN3O2/c1-19-9-3-8-16-11-5-2-4-10(14)13(11)17-12(18)6-7-15/h2,4-5,16H,3,6,8-9H2,1H3,(H,17,18). The van der Waals surface area contributed by atoms with Gasteiger partial charge in [0.15, 0.2) is 0 Å². The molecule has 1 amide bonds. The first-order valence-electron chi connectivity index (χ1n) is 5.87. The van der Waals surface area contributed by atoms with Crippen LogP contribution in [0.15, 0.2) is 18.2 Å². The summed E-state index contributed by atoms with van der Waals surface area (Å²) in [4.78, 5) is 11.3. The minimum Gasteiger partial charge on any atom is -0.385 e. The molecule has 0 aliphatic rings. The zero-order chi connectivity index (χ0) is 14.1. The van der Waals surface area contributed by atoms with E-state index in [-0.39, 0.29) is 12.1 Å². The maximum Gasteiger partial charge on any atom is 0.238 e. The van der Waals surface area contributed by atoms with Crippen LogP contribution >= 0.6 is 0 Å². The van der Waals surface area contributed by atoms with Crippen molar-refractivity contribution in [3.05, 3.63) is 24.0 Å². The van der Waals surface area contributed by atoms with Crippen LogP contribution in [-0.4, -0.2) is 26.2 Å². The van der Waals surface area contributed by atoms with E-state index in [1.54, 1.807) is 25.3 Å². The summed E-state index contributed by atoms with van der Waals surface area (Å²) in [6.45, 7) is 1.19. The van der Waals surface area contributed by atoms with E-state index < -0.39 is 11.7 Å². The second-order valence-corrected chi connectivity index (χ2v) is 3.82. The molecule has 6 heteroatoms. The van der Waals surface area contributed by atoms with Crippen molar-refractivity contribution in [2.45, 2.75) is 12.8 Å². The van der Waals surface area contributed by atoms with Crippen LogP contribution < -0.4 is 10.6 Å². The van der Waals surface area contributed by atoms with Crippen molar-refractivity contribution in [2.24, 2.45) is 0 Å². The van der Waals surface area contributed by atoms with Gasteiger partial charge in [-0.1, -0.05) is 6.07 Å². The maximum atomic E-state index is 13.7. The molecule has 2 N–H and O–H groups in total. The molecule has 0 saturated carbocycles. The Hall–Kier alpha value is -2.13. The monoisotopic (exact) mass is 265 g/mol. The van der Waals surface area contributed by atoms with Crippen molar-refractivity contribution in [2.75, 3.05) is 30.9 Å². The van der Waals surface area contributed by atoms with E-state index >= 15 is 0 Å². The minimum atomic E-state index is -0.539. The minimum absolute atomic E-state index is 0.0696. The summed E-state index contributed by atoms with van der Waals surface area (Å²) in [5, 5.41) is 13.8. The Kier molecular flexibility index (Phi) is 6.33. The van der Waals surface area contributed by atoms with Crippen LogP contribution in [0.1, 0.15) is 12.8 Å². The summed E-state index contributed by atoms with van der Waals surface area (Å²) in [6.07, 6.45) is 0.454. The number of hydrogen-bond donors (Lipinski definition) is 2. The van der Waals surface area contributed by atoms with Crippen LogP contribution in [-0.2, 0) is 9.53 Å². The van der Waals surface area contributed by atoms with E-state index in [4.69, 9.17) is 10.00 Å².